The van der Waals surface area contributed by atoms with Crippen LogP contribution in [0.4, 0.5) is 11.4 Å². The molecule has 0 radical (unpaired) electrons. The van der Waals surface area contributed by atoms with Gasteiger partial charge in [-0.05, 0) is 42.8 Å². The van der Waals surface area contributed by atoms with E-state index in [4.69, 9.17) is 14.2 Å². The zero-order valence-corrected chi connectivity index (χ0v) is 18.2. The molecule has 1 aliphatic rings. The van der Waals surface area contributed by atoms with Gasteiger partial charge in [0.05, 0.1) is 49.9 Å². The molecule has 1 amide bonds. The first kappa shape index (κ1) is 21.1. The van der Waals surface area contributed by atoms with Crippen molar-refractivity contribution in [2.45, 2.75) is 6.92 Å². The number of esters is 1. The minimum Gasteiger partial charge on any atom is -0.496 e. The second-order valence-electron chi connectivity index (χ2n) is 6.58. The van der Waals surface area contributed by atoms with Gasteiger partial charge in [-0.3, -0.25) is 4.79 Å². The van der Waals surface area contributed by atoms with Crippen LogP contribution in [0, 0.1) is 6.92 Å². The van der Waals surface area contributed by atoms with Crippen LogP contribution in [0.5, 0.6) is 5.75 Å². The van der Waals surface area contributed by atoms with Crippen LogP contribution in [0.2, 0.25) is 0 Å². The molecular formula is C21H23BrN2O5. The fourth-order valence-electron chi connectivity index (χ4n) is 3.32. The number of hydrogen-bond donors (Lipinski definition) is 1. The Morgan fingerprint density at radius 1 is 1.14 bits per heavy atom. The number of ether oxygens (including phenoxy) is 3. The van der Waals surface area contributed by atoms with Crippen LogP contribution in [0.3, 0.4) is 0 Å². The van der Waals surface area contributed by atoms with Gasteiger partial charge in [0.25, 0.3) is 5.91 Å². The van der Waals surface area contributed by atoms with Gasteiger partial charge in [-0.15, -0.1) is 0 Å². The third-order valence-corrected chi connectivity index (χ3v) is 5.16. The highest BCUT2D eigenvalue weighted by molar-refractivity contribution is 9.10. The summed E-state index contributed by atoms with van der Waals surface area (Å²) in [5, 5.41) is 2.94. The van der Waals surface area contributed by atoms with Gasteiger partial charge < -0.3 is 24.4 Å². The second kappa shape index (κ2) is 9.28. The summed E-state index contributed by atoms with van der Waals surface area (Å²) in [6.07, 6.45) is 0. The zero-order valence-electron chi connectivity index (χ0n) is 16.6. The van der Waals surface area contributed by atoms with Gasteiger partial charge >= 0.3 is 5.97 Å². The molecule has 0 saturated carbocycles. The Kier molecular flexibility index (Phi) is 6.76. The third kappa shape index (κ3) is 4.71. The van der Waals surface area contributed by atoms with Gasteiger partial charge in [0.2, 0.25) is 0 Å². The van der Waals surface area contributed by atoms with Crippen LogP contribution in [0.15, 0.2) is 34.8 Å². The number of carbonyl (C=O) groups excluding carboxylic acids is 2. The van der Waals surface area contributed by atoms with E-state index in [1.807, 2.05) is 19.1 Å². The minimum atomic E-state index is -0.468. The molecule has 154 valence electrons. The largest absolute Gasteiger partial charge is 0.496 e. The molecule has 0 atom stereocenters. The van der Waals surface area contributed by atoms with Crippen LogP contribution < -0.4 is 15.0 Å². The van der Waals surface area contributed by atoms with Crippen LogP contribution in [-0.4, -0.2) is 52.4 Å². The smallest absolute Gasteiger partial charge is 0.337 e. The van der Waals surface area contributed by atoms with Crippen molar-refractivity contribution in [3.05, 3.63) is 51.5 Å². The average Bonchev–Trinajstić information content (AvgIpc) is 2.73. The van der Waals surface area contributed by atoms with Crippen LogP contribution >= 0.6 is 15.9 Å². The lowest BCUT2D eigenvalue weighted by molar-refractivity contribution is 0.0600. The first-order chi connectivity index (χ1) is 13.9. The van der Waals surface area contributed by atoms with Gasteiger partial charge in [-0.1, -0.05) is 15.9 Å². The number of nitrogens with zero attached hydrogens (tertiary/aromatic N) is 1. The van der Waals surface area contributed by atoms with Crippen molar-refractivity contribution in [1.29, 1.82) is 0 Å². The molecule has 0 spiro atoms. The molecule has 0 aromatic heterocycles. The zero-order chi connectivity index (χ0) is 21.0. The van der Waals surface area contributed by atoms with E-state index in [1.165, 1.54) is 14.2 Å². The Balaban J connectivity index is 2.00. The molecule has 1 fully saturated rings. The average molecular weight is 463 g/mol. The van der Waals surface area contributed by atoms with Gasteiger partial charge in [-0.2, -0.15) is 0 Å². The summed E-state index contributed by atoms with van der Waals surface area (Å²) in [7, 11) is 2.86. The Morgan fingerprint density at radius 2 is 1.86 bits per heavy atom. The molecule has 0 unspecified atom stereocenters. The molecule has 1 saturated heterocycles. The van der Waals surface area contributed by atoms with E-state index >= 15 is 0 Å². The number of aryl methyl sites for hydroxylation is 1. The monoisotopic (exact) mass is 462 g/mol. The lowest BCUT2D eigenvalue weighted by Crippen LogP contribution is -2.36. The number of benzene rings is 2. The van der Waals surface area contributed by atoms with Gasteiger partial charge in [0.1, 0.15) is 5.75 Å². The Labute approximate surface area is 178 Å². The van der Waals surface area contributed by atoms with Crippen molar-refractivity contribution in [3.8, 4) is 5.75 Å². The Morgan fingerprint density at radius 3 is 2.52 bits per heavy atom. The molecule has 2 aromatic carbocycles. The molecule has 8 heteroatoms. The van der Waals surface area contributed by atoms with E-state index in [0.717, 1.165) is 15.7 Å². The summed E-state index contributed by atoms with van der Waals surface area (Å²) in [6, 6.07) is 8.73. The second-order valence-corrected chi connectivity index (χ2v) is 7.50. The summed E-state index contributed by atoms with van der Waals surface area (Å²) in [5.41, 5.74) is 2.94. The maximum Gasteiger partial charge on any atom is 0.337 e. The summed E-state index contributed by atoms with van der Waals surface area (Å²) in [6.45, 7) is 4.46. The number of rotatable bonds is 5. The highest BCUT2D eigenvalue weighted by atomic mass is 79.9. The number of carbonyl (C=O) groups is 2. The summed E-state index contributed by atoms with van der Waals surface area (Å²) < 4.78 is 16.5. The number of nitrogens with one attached hydrogen (secondary N) is 1. The number of amides is 1. The number of hydrogen-bond acceptors (Lipinski definition) is 6. The van der Waals surface area contributed by atoms with E-state index in [1.54, 1.807) is 18.2 Å². The first-order valence-electron chi connectivity index (χ1n) is 9.15. The van der Waals surface area contributed by atoms with E-state index in [2.05, 4.69) is 26.1 Å². The lowest BCUT2D eigenvalue weighted by atomic mass is 10.1. The highest BCUT2D eigenvalue weighted by Crippen LogP contribution is 2.32. The number of morpholine rings is 1. The van der Waals surface area contributed by atoms with Gasteiger partial charge in [-0.25, -0.2) is 4.79 Å². The third-order valence-electron chi connectivity index (χ3n) is 4.71. The topological polar surface area (TPSA) is 77.1 Å². The molecule has 0 bridgehead atoms. The molecular weight excluding hydrogens is 440 g/mol. The number of anilines is 2. The molecule has 3 rings (SSSR count). The normalized spacial score (nSPS) is 13.7. The Bertz CT molecular complexity index is 926. The molecule has 0 aliphatic carbocycles. The first-order valence-corrected chi connectivity index (χ1v) is 9.94. The quantitative estimate of drug-likeness (QED) is 0.683. The van der Waals surface area contributed by atoms with Crippen molar-refractivity contribution in [3.63, 3.8) is 0 Å². The van der Waals surface area contributed by atoms with Crippen molar-refractivity contribution in [2.24, 2.45) is 0 Å². The number of methoxy groups -OCH3 is 2. The maximum absolute atomic E-state index is 13.1. The predicted molar refractivity (Wildman–Crippen MR) is 114 cm³/mol. The fraction of sp³-hybridized carbons (Fsp3) is 0.333. The highest BCUT2D eigenvalue weighted by Gasteiger charge is 2.21. The summed E-state index contributed by atoms with van der Waals surface area (Å²) >= 11 is 3.43. The van der Waals surface area contributed by atoms with Crippen molar-refractivity contribution >= 4 is 39.2 Å². The van der Waals surface area contributed by atoms with Crippen LogP contribution in [-0.2, 0) is 9.47 Å². The standard InChI is InChI=1S/C21H23BrN2O5/c1-13-10-15(22)12-16(19(13)27-2)20(25)23-17-11-14(21(26)28-3)4-5-18(17)24-6-8-29-9-7-24/h4-5,10-12H,6-9H2,1-3H3,(H,23,25). The predicted octanol–water partition coefficient (Wildman–Crippen LogP) is 3.64. The number of halogens is 1. The van der Waals surface area contributed by atoms with Crippen LogP contribution in [0.1, 0.15) is 26.3 Å². The van der Waals surface area contributed by atoms with Crippen molar-refractivity contribution in [1.82, 2.24) is 0 Å². The fourth-order valence-corrected chi connectivity index (χ4v) is 3.89. The summed E-state index contributed by atoms with van der Waals surface area (Å²) in [4.78, 5) is 27.2. The minimum absolute atomic E-state index is 0.331. The van der Waals surface area contributed by atoms with Crippen molar-refractivity contribution in [2.75, 3.05) is 50.7 Å². The molecule has 1 N–H and O–H groups in total. The van der Waals surface area contributed by atoms with Crippen molar-refractivity contribution < 1.29 is 23.8 Å². The SMILES string of the molecule is COC(=O)c1ccc(N2CCOCC2)c(NC(=O)c2cc(Br)cc(C)c2OC)c1. The van der Waals surface area contributed by atoms with E-state index in [0.29, 0.717) is 48.9 Å². The van der Waals surface area contributed by atoms with E-state index in [-0.39, 0.29) is 5.91 Å². The van der Waals surface area contributed by atoms with E-state index in [9.17, 15) is 9.59 Å². The molecule has 1 aliphatic heterocycles. The van der Waals surface area contributed by atoms with Gasteiger partial charge in [0, 0.05) is 17.6 Å². The Hall–Kier alpha value is -2.58. The van der Waals surface area contributed by atoms with Crippen LogP contribution in [0.25, 0.3) is 0 Å². The molecule has 2 aromatic rings. The molecule has 29 heavy (non-hydrogen) atoms. The maximum atomic E-state index is 13.1. The lowest BCUT2D eigenvalue weighted by Gasteiger charge is -2.30. The summed E-state index contributed by atoms with van der Waals surface area (Å²) in [5.74, 6) is -0.296. The van der Waals surface area contributed by atoms with Gasteiger partial charge in [0.15, 0.2) is 0 Å². The van der Waals surface area contributed by atoms with E-state index < -0.39 is 5.97 Å². The molecule has 1 heterocycles. The molecule has 7 nitrogen and oxygen atoms in total.